The summed E-state index contributed by atoms with van der Waals surface area (Å²) < 4.78 is 10.1. The molecule has 0 aliphatic rings. The third-order valence-electron chi connectivity index (χ3n) is 2.68. The molecular weight excluding hydrogens is 258 g/mol. The van der Waals surface area contributed by atoms with Gasteiger partial charge in [-0.05, 0) is 38.1 Å². The van der Waals surface area contributed by atoms with Crippen molar-refractivity contribution in [2.75, 3.05) is 11.9 Å². The molecule has 1 aromatic heterocycles. The number of benzene rings is 1. The maximum Gasteiger partial charge on any atom is 0.261 e. The molecule has 1 N–H and O–H groups in total. The van der Waals surface area contributed by atoms with Gasteiger partial charge in [-0.3, -0.25) is 4.79 Å². The molecule has 0 unspecified atom stereocenters. The van der Waals surface area contributed by atoms with Gasteiger partial charge in [0.15, 0.2) is 6.61 Å². The van der Waals surface area contributed by atoms with E-state index in [2.05, 4.69) is 10.5 Å². The summed E-state index contributed by atoms with van der Waals surface area (Å²) in [5.41, 5.74) is 1.61. The second-order valence-electron chi connectivity index (χ2n) is 4.12. The summed E-state index contributed by atoms with van der Waals surface area (Å²) in [6.45, 7) is 3.39. The molecule has 0 aliphatic heterocycles. The second kappa shape index (κ2) is 5.89. The maximum absolute atomic E-state index is 12.1. The molecule has 0 aliphatic carbocycles. The lowest BCUT2D eigenvalue weighted by Crippen LogP contribution is -2.13. The van der Waals surface area contributed by atoms with E-state index >= 15 is 0 Å². The van der Waals surface area contributed by atoms with Gasteiger partial charge < -0.3 is 14.6 Å². The van der Waals surface area contributed by atoms with Crippen LogP contribution in [0.1, 0.15) is 21.8 Å². The summed E-state index contributed by atoms with van der Waals surface area (Å²) in [5.74, 6) is 0.780. The van der Waals surface area contributed by atoms with E-state index in [9.17, 15) is 4.79 Å². The monoisotopic (exact) mass is 271 g/mol. The number of aryl methyl sites for hydroxylation is 2. The molecule has 2 rings (SSSR count). The fraction of sp³-hybridized carbons (Fsp3) is 0.214. The standard InChI is InChI=1S/C14H13N3O3/c1-9-13(10(2)20-17-9)14(18)16-11-3-5-12(6-4-11)19-8-7-15/h3-6H,8H2,1-2H3,(H,16,18). The van der Waals surface area contributed by atoms with Crippen LogP contribution in [0.15, 0.2) is 28.8 Å². The second-order valence-corrected chi connectivity index (χ2v) is 4.12. The van der Waals surface area contributed by atoms with Gasteiger partial charge in [0.05, 0.1) is 5.69 Å². The van der Waals surface area contributed by atoms with Crippen molar-refractivity contribution in [1.29, 1.82) is 5.26 Å². The Kier molecular flexibility index (Phi) is 4.01. The van der Waals surface area contributed by atoms with E-state index in [1.165, 1.54) is 0 Å². The number of amides is 1. The van der Waals surface area contributed by atoms with Crippen molar-refractivity contribution >= 4 is 11.6 Å². The van der Waals surface area contributed by atoms with Gasteiger partial charge in [0.1, 0.15) is 23.1 Å². The topological polar surface area (TPSA) is 88.2 Å². The van der Waals surface area contributed by atoms with Crippen LogP contribution < -0.4 is 10.1 Å². The van der Waals surface area contributed by atoms with Crippen LogP contribution in [0.3, 0.4) is 0 Å². The summed E-state index contributed by atoms with van der Waals surface area (Å²) in [6.07, 6.45) is 0. The minimum atomic E-state index is -0.271. The van der Waals surface area contributed by atoms with Crippen LogP contribution in [0.2, 0.25) is 0 Å². The normalized spacial score (nSPS) is 9.85. The molecule has 6 heteroatoms. The Bertz CT molecular complexity index is 634. The number of nitriles is 1. The van der Waals surface area contributed by atoms with E-state index in [1.54, 1.807) is 38.1 Å². The fourth-order valence-corrected chi connectivity index (χ4v) is 1.75. The summed E-state index contributed by atoms with van der Waals surface area (Å²) in [4.78, 5) is 12.1. The van der Waals surface area contributed by atoms with Gasteiger partial charge in [-0.15, -0.1) is 0 Å². The van der Waals surface area contributed by atoms with Crippen molar-refractivity contribution in [3.63, 3.8) is 0 Å². The van der Waals surface area contributed by atoms with Gasteiger partial charge in [-0.1, -0.05) is 5.16 Å². The molecule has 0 saturated carbocycles. The van der Waals surface area contributed by atoms with E-state index in [1.807, 2.05) is 6.07 Å². The van der Waals surface area contributed by atoms with Crippen LogP contribution in [0, 0.1) is 25.2 Å². The Morgan fingerprint density at radius 1 is 1.40 bits per heavy atom. The Labute approximate surface area is 115 Å². The minimum Gasteiger partial charge on any atom is -0.479 e. The van der Waals surface area contributed by atoms with Crippen molar-refractivity contribution in [2.24, 2.45) is 0 Å². The van der Waals surface area contributed by atoms with Crippen LogP contribution in [0.5, 0.6) is 5.75 Å². The zero-order valence-corrected chi connectivity index (χ0v) is 11.1. The molecule has 20 heavy (non-hydrogen) atoms. The van der Waals surface area contributed by atoms with Crippen molar-refractivity contribution in [2.45, 2.75) is 13.8 Å². The molecule has 1 aromatic carbocycles. The fourth-order valence-electron chi connectivity index (χ4n) is 1.75. The number of ether oxygens (including phenoxy) is 1. The molecule has 0 atom stereocenters. The van der Waals surface area contributed by atoms with Gasteiger partial charge in [0.25, 0.3) is 5.91 Å². The third-order valence-corrected chi connectivity index (χ3v) is 2.68. The quantitative estimate of drug-likeness (QED) is 0.922. The van der Waals surface area contributed by atoms with E-state index in [-0.39, 0.29) is 12.5 Å². The number of nitrogens with zero attached hydrogens (tertiary/aromatic N) is 2. The predicted molar refractivity (Wildman–Crippen MR) is 71.5 cm³/mol. The van der Waals surface area contributed by atoms with E-state index in [0.717, 1.165) is 0 Å². The van der Waals surface area contributed by atoms with Crippen molar-refractivity contribution in [1.82, 2.24) is 5.16 Å². The number of rotatable bonds is 4. The van der Waals surface area contributed by atoms with Crippen molar-refractivity contribution in [3.05, 3.63) is 41.3 Å². The van der Waals surface area contributed by atoms with Crippen molar-refractivity contribution < 1.29 is 14.1 Å². The Hall–Kier alpha value is -2.81. The highest BCUT2D eigenvalue weighted by molar-refractivity contribution is 6.05. The van der Waals surface area contributed by atoms with Crippen LogP contribution in [-0.2, 0) is 0 Å². The number of hydrogen-bond donors (Lipinski definition) is 1. The molecule has 0 saturated heterocycles. The first-order valence-electron chi connectivity index (χ1n) is 5.96. The lowest BCUT2D eigenvalue weighted by Gasteiger charge is -2.06. The molecule has 1 amide bonds. The average molecular weight is 271 g/mol. The van der Waals surface area contributed by atoms with Crippen LogP contribution in [-0.4, -0.2) is 17.7 Å². The zero-order valence-electron chi connectivity index (χ0n) is 11.1. The van der Waals surface area contributed by atoms with E-state index < -0.39 is 0 Å². The van der Waals surface area contributed by atoms with Crippen LogP contribution in [0.4, 0.5) is 5.69 Å². The summed E-state index contributed by atoms with van der Waals surface area (Å²) >= 11 is 0. The number of nitrogens with one attached hydrogen (secondary N) is 1. The first-order valence-corrected chi connectivity index (χ1v) is 5.96. The van der Waals surface area contributed by atoms with Gasteiger partial charge >= 0.3 is 0 Å². The first kappa shape index (κ1) is 13.6. The third kappa shape index (κ3) is 2.95. The first-order chi connectivity index (χ1) is 9.61. The Morgan fingerprint density at radius 3 is 2.65 bits per heavy atom. The van der Waals surface area contributed by atoms with Gasteiger partial charge in [-0.25, -0.2) is 0 Å². The number of aromatic nitrogens is 1. The van der Waals surface area contributed by atoms with Gasteiger partial charge in [-0.2, -0.15) is 5.26 Å². The molecule has 6 nitrogen and oxygen atoms in total. The lowest BCUT2D eigenvalue weighted by atomic mass is 10.2. The zero-order chi connectivity index (χ0) is 14.5. The SMILES string of the molecule is Cc1noc(C)c1C(=O)Nc1ccc(OCC#N)cc1. The number of anilines is 1. The smallest absolute Gasteiger partial charge is 0.261 e. The lowest BCUT2D eigenvalue weighted by molar-refractivity contribution is 0.102. The molecule has 0 radical (unpaired) electrons. The van der Waals surface area contributed by atoms with Gasteiger partial charge in [0.2, 0.25) is 0 Å². The van der Waals surface area contributed by atoms with Crippen molar-refractivity contribution in [3.8, 4) is 11.8 Å². The highest BCUT2D eigenvalue weighted by atomic mass is 16.5. The van der Waals surface area contributed by atoms with Crippen LogP contribution >= 0.6 is 0 Å². The predicted octanol–water partition coefficient (Wildman–Crippen LogP) is 2.45. The molecule has 102 valence electrons. The molecular formula is C14H13N3O3. The molecule has 1 heterocycles. The Balaban J connectivity index is 2.07. The summed E-state index contributed by atoms with van der Waals surface area (Å²) in [7, 11) is 0. The molecule has 0 fully saturated rings. The average Bonchev–Trinajstić information content (AvgIpc) is 2.77. The number of hydrogen-bond acceptors (Lipinski definition) is 5. The van der Waals surface area contributed by atoms with Crippen LogP contribution in [0.25, 0.3) is 0 Å². The highest BCUT2D eigenvalue weighted by Crippen LogP contribution is 2.18. The minimum absolute atomic E-state index is 0.00914. The maximum atomic E-state index is 12.1. The number of carbonyl (C=O) groups excluding carboxylic acids is 1. The van der Waals surface area contributed by atoms with E-state index in [4.69, 9.17) is 14.5 Å². The summed E-state index contributed by atoms with van der Waals surface area (Å²) in [5, 5.41) is 14.9. The van der Waals surface area contributed by atoms with E-state index in [0.29, 0.717) is 28.5 Å². The molecule has 0 spiro atoms. The Morgan fingerprint density at radius 2 is 2.10 bits per heavy atom. The number of carbonyl (C=O) groups is 1. The molecule has 2 aromatic rings. The summed E-state index contributed by atoms with van der Waals surface area (Å²) in [6, 6.07) is 8.64. The highest BCUT2D eigenvalue weighted by Gasteiger charge is 2.17. The van der Waals surface area contributed by atoms with Gasteiger partial charge in [0, 0.05) is 5.69 Å². The molecule has 0 bridgehead atoms. The largest absolute Gasteiger partial charge is 0.479 e.